The molecule has 0 aromatic heterocycles. The molecular weight excluding hydrogens is 300 g/mol. The number of carbonyl (C=O) groups is 2. The molecule has 2 heterocycles. The molecule has 2 amide bonds. The van der Waals surface area contributed by atoms with Crippen molar-refractivity contribution in [3.05, 3.63) is 11.6 Å². The molecule has 0 saturated carbocycles. The van der Waals surface area contributed by atoms with E-state index in [4.69, 9.17) is 4.74 Å². The van der Waals surface area contributed by atoms with Gasteiger partial charge in [-0.1, -0.05) is 13.0 Å². The third-order valence-corrected chi connectivity index (χ3v) is 5.20. The van der Waals surface area contributed by atoms with Crippen LogP contribution in [-0.2, 0) is 14.3 Å². The minimum absolute atomic E-state index is 0.00941. The number of rotatable bonds is 5. The van der Waals surface area contributed by atoms with E-state index in [0.717, 1.165) is 31.4 Å². The predicted octanol–water partition coefficient (Wildman–Crippen LogP) is 1.93. The molecule has 2 rings (SSSR count). The minimum Gasteiger partial charge on any atom is -0.376 e. The Hall–Kier alpha value is -1.01. The van der Waals surface area contributed by atoms with Gasteiger partial charge in [0.2, 0.25) is 5.91 Å². The van der Waals surface area contributed by atoms with E-state index >= 15 is 0 Å². The van der Waals surface area contributed by atoms with E-state index < -0.39 is 0 Å². The van der Waals surface area contributed by atoms with Gasteiger partial charge in [-0.2, -0.15) is 0 Å². The number of hydrogen-bond acceptors (Lipinski definition) is 4. The largest absolute Gasteiger partial charge is 0.376 e. The fraction of sp³-hybridized carbons (Fsp3) is 0.750. The first-order chi connectivity index (χ1) is 10.5. The summed E-state index contributed by atoms with van der Waals surface area (Å²) in [7, 11) is 0. The van der Waals surface area contributed by atoms with Crippen LogP contribution in [0.25, 0.3) is 0 Å². The van der Waals surface area contributed by atoms with Gasteiger partial charge < -0.3 is 15.0 Å². The van der Waals surface area contributed by atoms with E-state index in [9.17, 15) is 9.59 Å². The third kappa shape index (κ3) is 4.04. The molecule has 2 aliphatic rings. The summed E-state index contributed by atoms with van der Waals surface area (Å²) < 4.78 is 5.61. The van der Waals surface area contributed by atoms with Crippen LogP contribution in [0.4, 0.5) is 0 Å². The van der Waals surface area contributed by atoms with E-state index in [-0.39, 0.29) is 30.0 Å². The van der Waals surface area contributed by atoms with Gasteiger partial charge in [0.15, 0.2) is 0 Å². The second-order valence-corrected chi connectivity index (χ2v) is 6.93. The van der Waals surface area contributed by atoms with Crippen LogP contribution in [0.3, 0.4) is 0 Å². The van der Waals surface area contributed by atoms with Crippen LogP contribution in [0, 0.1) is 0 Å². The second kappa shape index (κ2) is 8.02. The lowest BCUT2D eigenvalue weighted by Crippen LogP contribution is -2.51. The van der Waals surface area contributed by atoms with Crippen molar-refractivity contribution < 1.29 is 14.3 Å². The number of carbonyl (C=O) groups excluding carboxylic acids is 2. The lowest BCUT2D eigenvalue weighted by molar-refractivity contribution is -0.136. The van der Waals surface area contributed by atoms with Crippen molar-refractivity contribution in [1.29, 1.82) is 0 Å². The van der Waals surface area contributed by atoms with E-state index in [2.05, 4.69) is 5.32 Å². The molecule has 2 saturated heterocycles. The van der Waals surface area contributed by atoms with Crippen LogP contribution >= 0.6 is 11.8 Å². The van der Waals surface area contributed by atoms with Gasteiger partial charge in [0.05, 0.1) is 18.0 Å². The summed E-state index contributed by atoms with van der Waals surface area (Å²) in [5, 5.41) is 3.03. The van der Waals surface area contributed by atoms with Crippen molar-refractivity contribution in [2.45, 2.75) is 58.2 Å². The summed E-state index contributed by atoms with van der Waals surface area (Å²) in [5.74, 6) is 1.15. The zero-order valence-corrected chi connectivity index (χ0v) is 14.4. The zero-order valence-electron chi connectivity index (χ0n) is 13.6. The predicted molar refractivity (Wildman–Crippen MR) is 88.6 cm³/mol. The van der Waals surface area contributed by atoms with E-state index in [1.165, 1.54) is 0 Å². The summed E-state index contributed by atoms with van der Waals surface area (Å²) in [6.45, 7) is 6.57. The highest BCUT2D eigenvalue weighted by molar-refractivity contribution is 7.99. The molecule has 0 radical (unpaired) electrons. The fourth-order valence-corrected chi connectivity index (χ4v) is 4.04. The number of allylic oxidation sites excluding steroid dienone is 1. The number of nitrogens with zero attached hydrogens (tertiary/aromatic N) is 1. The zero-order chi connectivity index (χ0) is 16.1. The maximum Gasteiger partial charge on any atom is 0.250 e. The summed E-state index contributed by atoms with van der Waals surface area (Å²) in [4.78, 5) is 26.6. The van der Waals surface area contributed by atoms with Gasteiger partial charge >= 0.3 is 0 Å². The normalized spacial score (nSPS) is 27.0. The van der Waals surface area contributed by atoms with Crippen molar-refractivity contribution in [3.63, 3.8) is 0 Å². The van der Waals surface area contributed by atoms with Crippen LogP contribution in [-0.4, -0.2) is 53.1 Å². The minimum atomic E-state index is -0.374. The van der Waals surface area contributed by atoms with Gasteiger partial charge in [-0.15, -0.1) is 11.8 Å². The molecule has 22 heavy (non-hydrogen) atoms. The molecule has 1 N–H and O–H groups in total. The number of thioether (sulfide) groups is 1. The Balaban J connectivity index is 1.95. The molecular formula is C16H26N2O3S. The van der Waals surface area contributed by atoms with Crippen molar-refractivity contribution in [2.24, 2.45) is 0 Å². The maximum atomic E-state index is 12.5. The molecule has 5 nitrogen and oxygen atoms in total. The molecule has 0 aromatic carbocycles. The first kappa shape index (κ1) is 17.3. The van der Waals surface area contributed by atoms with Crippen molar-refractivity contribution in [2.75, 3.05) is 18.2 Å². The Labute approximate surface area is 136 Å². The average Bonchev–Trinajstić information content (AvgIpc) is 3.17. The van der Waals surface area contributed by atoms with Crippen LogP contribution in [0.5, 0.6) is 0 Å². The highest BCUT2D eigenvalue weighted by Gasteiger charge is 2.36. The van der Waals surface area contributed by atoms with E-state index in [0.29, 0.717) is 11.6 Å². The van der Waals surface area contributed by atoms with Gasteiger partial charge in [0.25, 0.3) is 5.91 Å². The monoisotopic (exact) mass is 326 g/mol. The molecule has 6 heteroatoms. The van der Waals surface area contributed by atoms with Gasteiger partial charge in [-0.25, -0.2) is 0 Å². The van der Waals surface area contributed by atoms with Crippen LogP contribution < -0.4 is 5.32 Å². The Bertz CT molecular complexity index is 447. The maximum absolute atomic E-state index is 12.5. The smallest absolute Gasteiger partial charge is 0.250 e. The molecule has 124 valence electrons. The topological polar surface area (TPSA) is 58.6 Å². The average molecular weight is 326 g/mol. The lowest BCUT2D eigenvalue weighted by Gasteiger charge is -2.26. The fourth-order valence-electron chi connectivity index (χ4n) is 2.89. The standard InChI is InChI=1S/C16H26N2O3S/c1-4-6-11(2)16(20)18-10-22-9-13(18)15(19)17-12(3)14-7-5-8-21-14/h6,12-14H,4-5,7-10H2,1-3H3,(H,17,19)/b11-6+/t12-,13-,14+/m1/s1. The quantitative estimate of drug-likeness (QED) is 0.784. The number of amides is 2. The molecule has 0 unspecified atom stereocenters. The van der Waals surface area contributed by atoms with E-state index in [1.54, 1.807) is 16.7 Å². The molecule has 3 atom stereocenters. The van der Waals surface area contributed by atoms with Crippen molar-refractivity contribution in [3.8, 4) is 0 Å². The van der Waals surface area contributed by atoms with Gasteiger partial charge in [0, 0.05) is 17.9 Å². The van der Waals surface area contributed by atoms with Crippen molar-refractivity contribution >= 4 is 23.6 Å². The Morgan fingerprint density at radius 1 is 1.50 bits per heavy atom. The lowest BCUT2D eigenvalue weighted by atomic mass is 10.1. The highest BCUT2D eigenvalue weighted by atomic mass is 32.2. The number of nitrogens with one attached hydrogen (secondary N) is 1. The SMILES string of the molecule is CC/C=C(\C)C(=O)N1CSC[C@@H]1C(=O)N[C@H](C)[C@@H]1CCCO1. The molecule has 2 aliphatic heterocycles. The molecule has 0 aromatic rings. The molecule has 0 aliphatic carbocycles. The molecule has 0 bridgehead atoms. The Morgan fingerprint density at radius 3 is 2.91 bits per heavy atom. The van der Waals surface area contributed by atoms with Crippen LogP contribution in [0.2, 0.25) is 0 Å². The third-order valence-electron chi connectivity index (χ3n) is 4.19. The summed E-state index contributed by atoms with van der Waals surface area (Å²) in [6.07, 6.45) is 4.88. The van der Waals surface area contributed by atoms with Gasteiger partial charge in [-0.05, 0) is 33.1 Å². The van der Waals surface area contributed by atoms with Crippen LogP contribution in [0.1, 0.15) is 40.0 Å². The van der Waals surface area contributed by atoms with E-state index in [1.807, 2.05) is 26.8 Å². The Morgan fingerprint density at radius 2 is 2.27 bits per heavy atom. The molecule has 2 fully saturated rings. The number of ether oxygens (including phenoxy) is 1. The summed E-state index contributed by atoms with van der Waals surface area (Å²) >= 11 is 1.63. The van der Waals surface area contributed by atoms with Crippen molar-refractivity contribution in [1.82, 2.24) is 10.2 Å². The first-order valence-electron chi connectivity index (χ1n) is 8.02. The molecule has 0 spiro atoms. The number of hydrogen-bond donors (Lipinski definition) is 1. The second-order valence-electron chi connectivity index (χ2n) is 5.93. The first-order valence-corrected chi connectivity index (χ1v) is 9.17. The Kier molecular flexibility index (Phi) is 6.32. The van der Waals surface area contributed by atoms with Crippen LogP contribution in [0.15, 0.2) is 11.6 Å². The summed E-state index contributed by atoms with van der Waals surface area (Å²) in [5.41, 5.74) is 0.718. The highest BCUT2D eigenvalue weighted by Crippen LogP contribution is 2.24. The van der Waals surface area contributed by atoms with Gasteiger partial charge in [-0.3, -0.25) is 9.59 Å². The summed E-state index contributed by atoms with van der Waals surface area (Å²) in [6, 6.07) is -0.383. The van der Waals surface area contributed by atoms with Gasteiger partial charge in [0.1, 0.15) is 6.04 Å².